The van der Waals surface area contributed by atoms with Gasteiger partial charge in [0.2, 0.25) is 5.91 Å². The van der Waals surface area contributed by atoms with Crippen molar-refractivity contribution < 1.29 is 4.79 Å². The maximum atomic E-state index is 12.0. The normalized spacial score (nSPS) is 15.5. The number of nitrogen functional groups attached to an aromatic ring is 1. The molecule has 4 heteroatoms. The van der Waals surface area contributed by atoms with E-state index in [1.54, 1.807) is 0 Å². The van der Waals surface area contributed by atoms with Crippen molar-refractivity contribution in [3.63, 3.8) is 0 Å². The predicted molar refractivity (Wildman–Crippen MR) is 74.5 cm³/mol. The quantitative estimate of drug-likeness (QED) is 0.803. The summed E-state index contributed by atoms with van der Waals surface area (Å²) in [6, 6.07) is 5.79. The first kappa shape index (κ1) is 12.7. The van der Waals surface area contributed by atoms with E-state index in [1.807, 2.05) is 30.0 Å². The van der Waals surface area contributed by atoms with Crippen molar-refractivity contribution >= 4 is 17.3 Å². The number of anilines is 2. The van der Waals surface area contributed by atoms with Crippen LogP contribution < -0.4 is 11.1 Å². The van der Waals surface area contributed by atoms with E-state index in [4.69, 9.17) is 5.73 Å². The number of benzene rings is 1. The van der Waals surface area contributed by atoms with E-state index in [0.717, 1.165) is 42.9 Å². The van der Waals surface area contributed by atoms with E-state index >= 15 is 0 Å². The summed E-state index contributed by atoms with van der Waals surface area (Å²) in [7, 11) is 0. The standard InChI is InChI=1S/C14H21N3O/c1-11-5-6-12(9-13(11)15)16-10-14(18)17-7-3-2-4-8-17/h5-6,9,16H,2-4,7-8,10,15H2,1H3. The minimum atomic E-state index is 0.175. The van der Waals surface area contributed by atoms with Crippen molar-refractivity contribution in [2.75, 3.05) is 30.7 Å². The number of amides is 1. The molecule has 1 saturated heterocycles. The van der Waals surface area contributed by atoms with Crippen molar-refractivity contribution in [3.8, 4) is 0 Å². The van der Waals surface area contributed by atoms with Crippen LogP contribution in [-0.2, 0) is 4.79 Å². The van der Waals surface area contributed by atoms with Gasteiger partial charge in [-0.1, -0.05) is 6.07 Å². The summed E-state index contributed by atoms with van der Waals surface area (Å²) in [5.74, 6) is 0.175. The maximum Gasteiger partial charge on any atom is 0.241 e. The first-order chi connectivity index (χ1) is 8.66. The zero-order chi connectivity index (χ0) is 13.0. The number of nitrogens with two attached hydrogens (primary N) is 1. The van der Waals surface area contributed by atoms with Crippen LogP contribution in [0.25, 0.3) is 0 Å². The summed E-state index contributed by atoms with van der Waals surface area (Å²) in [6.07, 6.45) is 3.50. The molecule has 1 aromatic carbocycles. The van der Waals surface area contributed by atoms with Crippen LogP contribution in [0.2, 0.25) is 0 Å². The van der Waals surface area contributed by atoms with Crippen molar-refractivity contribution in [2.24, 2.45) is 0 Å². The fourth-order valence-corrected chi connectivity index (χ4v) is 2.18. The first-order valence-corrected chi connectivity index (χ1v) is 6.54. The second-order valence-electron chi connectivity index (χ2n) is 4.87. The molecule has 0 spiro atoms. The molecule has 0 aliphatic carbocycles. The Hall–Kier alpha value is -1.71. The maximum absolute atomic E-state index is 12.0. The molecule has 1 heterocycles. The number of carbonyl (C=O) groups excluding carboxylic acids is 1. The number of rotatable bonds is 3. The van der Waals surface area contributed by atoms with Gasteiger partial charge < -0.3 is 16.0 Å². The van der Waals surface area contributed by atoms with E-state index in [2.05, 4.69) is 5.32 Å². The topological polar surface area (TPSA) is 58.4 Å². The van der Waals surface area contributed by atoms with E-state index < -0.39 is 0 Å². The lowest BCUT2D eigenvalue weighted by Gasteiger charge is -2.26. The van der Waals surface area contributed by atoms with Crippen LogP contribution in [0.4, 0.5) is 11.4 Å². The van der Waals surface area contributed by atoms with Gasteiger partial charge in [-0.3, -0.25) is 4.79 Å². The Kier molecular flexibility index (Phi) is 4.07. The Morgan fingerprint density at radius 2 is 2.06 bits per heavy atom. The third-order valence-electron chi connectivity index (χ3n) is 3.43. The number of nitrogens with zero attached hydrogens (tertiary/aromatic N) is 1. The molecule has 1 aliphatic heterocycles. The molecule has 98 valence electrons. The molecule has 0 bridgehead atoms. The van der Waals surface area contributed by atoms with E-state index in [0.29, 0.717) is 6.54 Å². The minimum absolute atomic E-state index is 0.175. The lowest BCUT2D eigenvalue weighted by atomic mass is 10.1. The molecule has 1 aliphatic rings. The number of hydrogen-bond acceptors (Lipinski definition) is 3. The van der Waals surface area contributed by atoms with Gasteiger partial charge in [0.1, 0.15) is 0 Å². The highest BCUT2D eigenvalue weighted by atomic mass is 16.2. The zero-order valence-electron chi connectivity index (χ0n) is 10.9. The lowest BCUT2D eigenvalue weighted by molar-refractivity contribution is -0.130. The fourth-order valence-electron chi connectivity index (χ4n) is 2.18. The van der Waals surface area contributed by atoms with Crippen molar-refractivity contribution in [2.45, 2.75) is 26.2 Å². The Morgan fingerprint density at radius 3 is 2.72 bits per heavy atom. The second-order valence-corrected chi connectivity index (χ2v) is 4.87. The monoisotopic (exact) mass is 247 g/mol. The highest BCUT2D eigenvalue weighted by molar-refractivity contribution is 5.81. The van der Waals surface area contributed by atoms with Crippen LogP contribution >= 0.6 is 0 Å². The molecular formula is C14H21N3O. The molecule has 0 atom stereocenters. The molecule has 0 radical (unpaired) electrons. The Balaban J connectivity index is 1.86. The van der Waals surface area contributed by atoms with Gasteiger partial charge >= 0.3 is 0 Å². The van der Waals surface area contributed by atoms with Gasteiger partial charge in [-0.05, 0) is 43.9 Å². The van der Waals surface area contributed by atoms with Gasteiger partial charge in [-0.25, -0.2) is 0 Å². The summed E-state index contributed by atoms with van der Waals surface area (Å²) in [4.78, 5) is 13.9. The number of piperidine rings is 1. The zero-order valence-corrected chi connectivity index (χ0v) is 10.9. The van der Waals surface area contributed by atoms with E-state index in [9.17, 15) is 4.79 Å². The lowest BCUT2D eigenvalue weighted by Crippen LogP contribution is -2.39. The fraction of sp³-hybridized carbons (Fsp3) is 0.500. The molecule has 2 rings (SSSR count). The Bertz CT molecular complexity index is 425. The Labute approximate surface area is 108 Å². The van der Waals surface area contributed by atoms with Crippen LogP contribution in [0.5, 0.6) is 0 Å². The summed E-state index contributed by atoms with van der Waals surface area (Å²) in [5, 5.41) is 3.14. The van der Waals surface area contributed by atoms with Crippen molar-refractivity contribution in [1.29, 1.82) is 0 Å². The van der Waals surface area contributed by atoms with Gasteiger partial charge in [0, 0.05) is 24.5 Å². The van der Waals surface area contributed by atoms with Crippen LogP contribution in [0.1, 0.15) is 24.8 Å². The molecule has 0 unspecified atom stereocenters. The largest absolute Gasteiger partial charge is 0.398 e. The van der Waals surface area contributed by atoms with Gasteiger partial charge in [-0.15, -0.1) is 0 Å². The number of likely N-dealkylation sites (tertiary alicyclic amines) is 1. The van der Waals surface area contributed by atoms with Crippen LogP contribution in [0, 0.1) is 6.92 Å². The first-order valence-electron chi connectivity index (χ1n) is 6.54. The predicted octanol–water partition coefficient (Wildman–Crippen LogP) is 2.00. The summed E-state index contributed by atoms with van der Waals surface area (Å²) >= 11 is 0. The molecule has 1 fully saturated rings. The van der Waals surface area contributed by atoms with Crippen LogP contribution in [0.15, 0.2) is 18.2 Å². The molecule has 3 N–H and O–H groups in total. The van der Waals surface area contributed by atoms with E-state index in [1.165, 1.54) is 6.42 Å². The SMILES string of the molecule is Cc1ccc(NCC(=O)N2CCCCC2)cc1N. The van der Waals surface area contributed by atoms with Gasteiger partial charge in [-0.2, -0.15) is 0 Å². The average Bonchev–Trinajstić information content (AvgIpc) is 2.41. The number of carbonyl (C=O) groups is 1. The highest BCUT2D eigenvalue weighted by Crippen LogP contribution is 2.17. The summed E-state index contributed by atoms with van der Waals surface area (Å²) in [6.45, 7) is 4.12. The highest BCUT2D eigenvalue weighted by Gasteiger charge is 2.15. The van der Waals surface area contributed by atoms with Gasteiger partial charge in [0.15, 0.2) is 0 Å². The number of hydrogen-bond donors (Lipinski definition) is 2. The summed E-state index contributed by atoms with van der Waals surface area (Å²) in [5.41, 5.74) is 8.55. The van der Waals surface area contributed by atoms with Gasteiger partial charge in [0.25, 0.3) is 0 Å². The third-order valence-corrected chi connectivity index (χ3v) is 3.43. The second kappa shape index (κ2) is 5.76. The smallest absolute Gasteiger partial charge is 0.241 e. The molecule has 1 amide bonds. The third kappa shape index (κ3) is 3.15. The number of aryl methyl sites for hydroxylation is 1. The van der Waals surface area contributed by atoms with Crippen molar-refractivity contribution in [3.05, 3.63) is 23.8 Å². The minimum Gasteiger partial charge on any atom is -0.398 e. The van der Waals surface area contributed by atoms with Gasteiger partial charge in [0.05, 0.1) is 6.54 Å². The molecule has 4 nitrogen and oxygen atoms in total. The van der Waals surface area contributed by atoms with Crippen LogP contribution in [0.3, 0.4) is 0 Å². The number of nitrogens with one attached hydrogen (secondary N) is 1. The molecular weight excluding hydrogens is 226 g/mol. The molecule has 0 saturated carbocycles. The summed E-state index contributed by atoms with van der Waals surface area (Å²) < 4.78 is 0. The van der Waals surface area contributed by atoms with Crippen LogP contribution in [-0.4, -0.2) is 30.4 Å². The molecule has 18 heavy (non-hydrogen) atoms. The van der Waals surface area contributed by atoms with Crippen molar-refractivity contribution in [1.82, 2.24) is 4.90 Å². The molecule has 0 aromatic heterocycles. The molecule has 1 aromatic rings. The average molecular weight is 247 g/mol. The Morgan fingerprint density at radius 1 is 1.33 bits per heavy atom. The van der Waals surface area contributed by atoms with E-state index in [-0.39, 0.29) is 5.91 Å².